The largest absolute Gasteiger partial charge is 0.465 e. The lowest BCUT2D eigenvalue weighted by Gasteiger charge is -2.19. The van der Waals surface area contributed by atoms with Gasteiger partial charge in [-0.25, -0.2) is 9.78 Å². The van der Waals surface area contributed by atoms with Crippen LogP contribution in [0.1, 0.15) is 41.3 Å². The molecule has 2 aromatic carbocycles. The molecular formula is C26H29N3O5S. The summed E-state index contributed by atoms with van der Waals surface area (Å²) in [5, 5.41) is 3.26. The Morgan fingerprint density at radius 2 is 2.06 bits per heavy atom. The van der Waals surface area contributed by atoms with E-state index in [1.54, 1.807) is 29.7 Å². The van der Waals surface area contributed by atoms with E-state index >= 15 is 0 Å². The van der Waals surface area contributed by atoms with Crippen LogP contribution in [0.25, 0.3) is 10.9 Å². The van der Waals surface area contributed by atoms with Crippen molar-refractivity contribution in [2.45, 2.75) is 56.7 Å². The van der Waals surface area contributed by atoms with E-state index in [2.05, 4.69) is 5.32 Å². The van der Waals surface area contributed by atoms with Crippen molar-refractivity contribution in [1.29, 1.82) is 0 Å². The molecule has 1 amide bonds. The first-order valence-corrected chi connectivity index (χ1v) is 12.4. The zero-order chi connectivity index (χ0) is 25.1. The molecule has 35 heavy (non-hydrogen) atoms. The van der Waals surface area contributed by atoms with Gasteiger partial charge in [0.05, 0.1) is 41.5 Å². The molecule has 8 nitrogen and oxygen atoms in total. The minimum Gasteiger partial charge on any atom is -0.465 e. The van der Waals surface area contributed by atoms with E-state index in [4.69, 9.17) is 14.5 Å². The predicted molar refractivity (Wildman–Crippen MR) is 136 cm³/mol. The van der Waals surface area contributed by atoms with Gasteiger partial charge in [-0.3, -0.25) is 14.2 Å². The van der Waals surface area contributed by atoms with Gasteiger partial charge < -0.3 is 14.8 Å². The Kier molecular flexibility index (Phi) is 7.57. The molecule has 0 saturated carbocycles. The monoisotopic (exact) mass is 495 g/mol. The third-order valence-corrected chi connectivity index (χ3v) is 7.14. The summed E-state index contributed by atoms with van der Waals surface area (Å²) in [6.45, 7) is 6.71. The van der Waals surface area contributed by atoms with Gasteiger partial charge in [-0.05, 0) is 69.0 Å². The van der Waals surface area contributed by atoms with Crippen molar-refractivity contribution in [3.8, 4) is 0 Å². The summed E-state index contributed by atoms with van der Waals surface area (Å²) in [6, 6.07) is 10.6. The number of ether oxygens (including phenoxy) is 2. The number of benzene rings is 2. The molecule has 0 radical (unpaired) electrons. The van der Waals surface area contributed by atoms with E-state index in [1.807, 2.05) is 32.0 Å². The number of carbonyl (C=O) groups excluding carboxylic acids is 2. The van der Waals surface area contributed by atoms with E-state index < -0.39 is 11.2 Å². The number of amides is 1. The number of rotatable bonds is 7. The highest BCUT2D eigenvalue weighted by Gasteiger charge is 2.24. The van der Waals surface area contributed by atoms with Crippen LogP contribution >= 0.6 is 11.8 Å². The first-order valence-electron chi connectivity index (χ1n) is 11.6. The maximum Gasteiger partial charge on any atom is 0.337 e. The molecule has 4 rings (SSSR count). The fourth-order valence-electron chi connectivity index (χ4n) is 4.00. The molecule has 1 fully saturated rings. The highest BCUT2D eigenvalue weighted by molar-refractivity contribution is 8.00. The second-order valence-corrected chi connectivity index (χ2v) is 10.0. The van der Waals surface area contributed by atoms with Gasteiger partial charge in [0.2, 0.25) is 5.91 Å². The topological polar surface area (TPSA) is 99.5 Å². The molecular weight excluding hydrogens is 466 g/mol. The molecule has 9 heteroatoms. The van der Waals surface area contributed by atoms with Crippen molar-refractivity contribution in [1.82, 2.24) is 9.55 Å². The van der Waals surface area contributed by atoms with Gasteiger partial charge in [0, 0.05) is 12.3 Å². The van der Waals surface area contributed by atoms with Crippen LogP contribution in [0.15, 0.2) is 46.3 Å². The Morgan fingerprint density at radius 3 is 2.77 bits per heavy atom. The van der Waals surface area contributed by atoms with E-state index in [0.717, 1.165) is 29.7 Å². The number of carbonyl (C=O) groups is 2. The molecule has 1 saturated heterocycles. The van der Waals surface area contributed by atoms with Crippen molar-refractivity contribution in [3.63, 3.8) is 0 Å². The van der Waals surface area contributed by atoms with Gasteiger partial charge in [0.15, 0.2) is 5.16 Å². The third-order valence-electron chi connectivity index (χ3n) is 6.05. The van der Waals surface area contributed by atoms with E-state index in [0.29, 0.717) is 34.8 Å². The molecule has 3 aromatic rings. The molecule has 0 aliphatic carbocycles. The van der Waals surface area contributed by atoms with Gasteiger partial charge >= 0.3 is 5.97 Å². The predicted octanol–water partition coefficient (Wildman–Crippen LogP) is 4.10. The number of thioether (sulfide) groups is 1. The molecule has 1 aliphatic rings. The van der Waals surface area contributed by atoms with Crippen LogP contribution in [0.3, 0.4) is 0 Å². The molecule has 0 bridgehead atoms. The fraction of sp³-hybridized carbons (Fsp3) is 0.385. The number of fused-ring (bicyclic) bond motifs is 1. The summed E-state index contributed by atoms with van der Waals surface area (Å²) in [4.78, 5) is 43.2. The minimum absolute atomic E-state index is 0.0836. The zero-order valence-corrected chi connectivity index (χ0v) is 21.1. The second-order valence-electron chi connectivity index (χ2n) is 8.74. The molecule has 2 atom stereocenters. The molecule has 0 spiro atoms. The smallest absolute Gasteiger partial charge is 0.337 e. The number of nitrogens with zero attached hydrogens (tertiary/aromatic N) is 2. The summed E-state index contributed by atoms with van der Waals surface area (Å²) >= 11 is 1.21. The average Bonchev–Trinajstić information content (AvgIpc) is 3.36. The van der Waals surface area contributed by atoms with Crippen molar-refractivity contribution in [2.24, 2.45) is 0 Å². The molecule has 1 aliphatic heterocycles. The first-order chi connectivity index (χ1) is 16.8. The zero-order valence-electron chi connectivity index (χ0n) is 20.3. The number of aryl methyl sites for hydroxylation is 2. The van der Waals surface area contributed by atoms with Crippen LogP contribution in [-0.2, 0) is 20.8 Å². The third kappa shape index (κ3) is 5.57. The lowest BCUT2D eigenvalue weighted by Crippen LogP contribution is -2.30. The Balaban J connectivity index is 1.68. The molecule has 2 heterocycles. The Labute approximate surface area is 208 Å². The van der Waals surface area contributed by atoms with E-state index in [1.165, 1.54) is 18.9 Å². The maximum atomic E-state index is 13.4. The van der Waals surface area contributed by atoms with Crippen molar-refractivity contribution in [3.05, 3.63) is 63.4 Å². The second kappa shape index (κ2) is 10.6. The average molecular weight is 496 g/mol. The number of nitrogens with one attached hydrogen (secondary N) is 1. The summed E-state index contributed by atoms with van der Waals surface area (Å²) in [5.41, 5.74) is 3.23. The highest BCUT2D eigenvalue weighted by atomic mass is 32.2. The lowest BCUT2D eigenvalue weighted by atomic mass is 10.1. The quantitative estimate of drug-likeness (QED) is 0.299. The van der Waals surface area contributed by atoms with Crippen molar-refractivity contribution in [2.75, 3.05) is 19.0 Å². The van der Waals surface area contributed by atoms with Crippen LogP contribution in [0.4, 0.5) is 5.69 Å². The number of aromatic nitrogens is 2. The molecule has 2 unspecified atom stereocenters. The molecule has 1 aromatic heterocycles. The Bertz CT molecular complexity index is 1330. The Morgan fingerprint density at radius 1 is 1.26 bits per heavy atom. The van der Waals surface area contributed by atoms with Crippen LogP contribution in [-0.4, -0.2) is 46.5 Å². The van der Waals surface area contributed by atoms with Crippen molar-refractivity contribution >= 4 is 40.2 Å². The first kappa shape index (κ1) is 24.9. The van der Waals surface area contributed by atoms with Crippen LogP contribution in [0, 0.1) is 13.8 Å². The van der Waals surface area contributed by atoms with Gasteiger partial charge in [-0.2, -0.15) is 0 Å². The van der Waals surface area contributed by atoms with E-state index in [9.17, 15) is 14.4 Å². The van der Waals surface area contributed by atoms with Gasteiger partial charge in [-0.15, -0.1) is 0 Å². The summed E-state index contributed by atoms with van der Waals surface area (Å²) in [7, 11) is 1.30. The maximum absolute atomic E-state index is 13.4. The summed E-state index contributed by atoms with van der Waals surface area (Å²) < 4.78 is 12.2. The number of hydrogen-bond acceptors (Lipinski definition) is 7. The summed E-state index contributed by atoms with van der Waals surface area (Å²) in [6.07, 6.45) is 1.72. The van der Waals surface area contributed by atoms with Crippen LogP contribution < -0.4 is 10.9 Å². The standard InChI is InChI=1S/C26H29N3O5S/c1-15-7-8-16(2)21(12-15)27-23(30)17(3)35-26-28-22-13-18(25(32)33-4)9-10-20(22)24(31)29(26)14-19-6-5-11-34-19/h7-10,12-13,17,19H,5-6,11,14H2,1-4H3,(H,27,30). The van der Waals surface area contributed by atoms with Gasteiger partial charge in [-0.1, -0.05) is 23.9 Å². The lowest BCUT2D eigenvalue weighted by molar-refractivity contribution is -0.115. The fourth-order valence-corrected chi connectivity index (χ4v) is 4.92. The number of hydrogen-bond donors (Lipinski definition) is 1. The minimum atomic E-state index is -0.529. The SMILES string of the molecule is COC(=O)c1ccc2c(=O)n(CC3CCCO3)c(SC(C)C(=O)Nc3cc(C)ccc3C)nc2c1. The molecule has 1 N–H and O–H groups in total. The van der Waals surface area contributed by atoms with E-state index in [-0.39, 0.29) is 17.6 Å². The van der Waals surface area contributed by atoms with Crippen LogP contribution in [0.5, 0.6) is 0 Å². The number of methoxy groups -OCH3 is 1. The Hall–Kier alpha value is -3.17. The number of esters is 1. The van der Waals surface area contributed by atoms with Crippen LogP contribution in [0.2, 0.25) is 0 Å². The van der Waals surface area contributed by atoms with Crippen molar-refractivity contribution < 1.29 is 19.1 Å². The number of anilines is 1. The van der Waals surface area contributed by atoms with Gasteiger partial charge in [0.25, 0.3) is 5.56 Å². The normalized spacial score (nSPS) is 16.3. The van der Waals surface area contributed by atoms with Gasteiger partial charge in [0.1, 0.15) is 0 Å². The highest BCUT2D eigenvalue weighted by Crippen LogP contribution is 2.26. The summed E-state index contributed by atoms with van der Waals surface area (Å²) in [5.74, 6) is -0.697. The molecule has 184 valence electrons.